The minimum absolute atomic E-state index is 0.122. The highest BCUT2D eigenvalue weighted by molar-refractivity contribution is 5.54. The van der Waals surface area contributed by atoms with E-state index in [-0.39, 0.29) is 5.92 Å². The van der Waals surface area contributed by atoms with Gasteiger partial charge in [-0.3, -0.25) is 0 Å². The van der Waals surface area contributed by atoms with Crippen LogP contribution in [-0.4, -0.2) is 0 Å². The van der Waals surface area contributed by atoms with Gasteiger partial charge >= 0.3 is 0 Å². The van der Waals surface area contributed by atoms with E-state index in [1.165, 1.54) is 22.3 Å². The Morgan fingerprint density at radius 1 is 0.609 bits per heavy atom. The fourth-order valence-corrected chi connectivity index (χ4v) is 2.95. The van der Waals surface area contributed by atoms with E-state index in [0.717, 1.165) is 17.1 Å². The van der Waals surface area contributed by atoms with Gasteiger partial charge in [0.25, 0.3) is 0 Å². The Bertz CT molecular complexity index is 760. The molecule has 3 heteroatoms. The average Bonchev–Trinajstić information content (AvgIpc) is 2.53. The lowest BCUT2D eigenvalue weighted by molar-refractivity contribution is 0.964. The lowest BCUT2D eigenvalue weighted by atomic mass is 9.83. The Hall–Kier alpha value is -2.94. The van der Waals surface area contributed by atoms with Crippen molar-refractivity contribution >= 4 is 17.1 Å². The van der Waals surface area contributed by atoms with Crippen molar-refractivity contribution in [1.29, 1.82) is 0 Å². The number of hydrogen-bond donors (Lipinski definition) is 3. The van der Waals surface area contributed by atoms with Crippen LogP contribution in [0.3, 0.4) is 0 Å². The zero-order chi connectivity index (χ0) is 16.4. The summed E-state index contributed by atoms with van der Waals surface area (Å²) in [6.07, 6.45) is 0. The molecule has 0 saturated heterocycles. The van der Waals surface area contributed by atoms with Crippen molar-refractivity contribution in [2.75, 3.05) is 17.2 Å². The van der Waals surface area contributed by atoms with Crippen LogP contribution in [-0.2, 0) is 0 Å². The van der Waals surface area contributed by atoms with Gasteiger partial charge in [-0.1, -0.05) is 30.3 Å². The summed E-state index contributed by atoms with van der Waals surface area (Å²) in [5.41, 5.74) is 24.7. The van der Waals surface area contributed by atoms with Gasteiger partial charge in [0.15, 0.2) is 0 Å². The molecule has 3 rings (SSSR count). The van der Waals surface area contributed by atoms with Gasteiger partial charge in [0.2, 0.25) is 0 Å². The van der Waals surface area contributed by atoms with Crippen molar-refractivity contribution in [1.82, 2.24) is 0 Å². The average molecular weight is 303 g/mol. The molecule has 0 bridgehead atoms. The topological polar surface area (TPSA) is 78.1 Å². The van der Waals surface area contributed by atoms with Crippen molar-refractivity contribution in [3.63, 3.8) is 0 Å². The highest BCUT2D eigenvalue weighted by Gasteiger charge is 2.18. The maximum absolute atomic E-state index is 5.91. The molecule has 3 aromatic carbocycles. The lowest BCUT2D eigenvalue weighted by Gasteiger charge is -2.21. The Kier molecular flexibility index (Phi) is 3.94. The number of nitrogens with two attached hydrogens (primary N) is 3. The number of aryl methyl sites for hydroxylation is 1. The number of nitrogen functional groups attached to an aromatic ring is 3. The first-order valence-electron chi connectivity index (χ1n) is 7.61. The lowest BCUT2D eigenvalue weighted by Crippen LogP contribution is -2.06. The molecule has 23 heavy (non-hydrogen) atoms. The van der Waals surface area contributed by atoms with E-state index in [2.05, 4.69) is 37.3 Å². The third-order valence-electron chi connectivity index (χ3n) is 4.14. The van der Waals surface area contributed by atoms with Crippen LogP contribution in [0.5, 0.6) is 0 Å². The Morgan fingerprint density at radius 3 is 1.48 bits per heavy atom. The minimum Gasteiger partial charge on any atom is -0.399 e. The quantitative estimate of drug-likeness (QED) is 0.507. The molecule has 0 heterocycles. The van der Waals surface area contributed by atoms with E-state index in [9.17, 15) is 0 Å². The highest BCUT2D eigenvalue weighted by atomic mass is 14.5. The van der Waals surface area contributed by atoms with Crippen LogP contribution < -0.4 is 17.2 Å². The van der Waals surface area contributed by atoms with Crippen molar-refractivity contribution in [2.24, 2.45) is 0 Å². The molecule has 0 aliphatic heterocycles. The predicted molar refractivity (Wildman–Crippen MR) is 98.2 cm³/mol. The molecule has 0 unspecified atom stereocenters. The van der Waals surface area contributed by atoms with Crippen molar-refractivity contribution < 1.29 is 0 Å². The first kappa shape index (κ1) is 15.0. The SMILES string of the molecule is Cc1cc(N)ccc1C(c1ccc(N)cc1)c1ccc(N)cc1. The molecule has 0 saturated carbocycles. The van der Waals surface area contributed by atoms with Crippen LogP contribution >= 0.6 is 0 Å². The van der Waals surface area contributed by atoms with Crippen molar-refractivity contribution in [2.45, 2.75) is 12.8 Å². The van der Waals surface area contributed by atoms with Gasteiger partial charge < -0.3 is 17.2 Å². The third-order valence-corrected chi connectivity index (χ3v) is 4.14. The normalized spacial score (nSPS) is 10.9. The minimum atomic E-state index is 0.122. The second kappa shape index (κ2) is 6.05. The number of anilines is 3. The molecular formula is C20H21N3. The van der Waals surface area contributed by atoms with E-state index in [0.29, 0.717) is 0 Å². The third kappa shape index (κ3) is 3.14. The van der Waals surface area contributed by atoms with Gasteiger partial charge in [0.1, 0.15) is 0 Å². The van der Waals surface area contributed by atoms with Gasteiger partial charge in [0.05, 0.1) is 0 Å². The first-order chi connectivity index (χ1) is 11.0. The summed E-state index contributed by atoms with van der Waals surface area (Å²) in [7, 11) is 0. The fraction of sp³-hybridized carbons (Fsp3) is 0.100. The molecule has 3 nitrogen and oxygen atoms in total. The summed E-state index contributed by atoms with van der Waals surface area (Å²) < 4.78 is 0. The summed E-state index contributed by atoms with van der Waals surface area (Å²) in [4.78, 5) is 0. The smallest absolute Gasteiger partial charge is 0.0342 e. The zero-order valence-corrected chi connectivity index (χ0v) is 13.2. The standard InChI is InChI=1S/C20H21N3/c1-13-12-18(23)10-11-19(13)20(14-2-6-16(21)7-3-14)15-4-8-17(22)9-5-15/h2-12,20H,21-23H2,1H3. The summed E-state index contributed by atoms with van der Waals surface area (Å²) in [5.74, 6) is 0.122. The molecule has 0 spiro atoms. The summed E-state index contributed by atoms with van der Waals surface area (Å²) in [6.45, 7) is 2.09. The van der Waals surface area contributed by atoms with Crippen LogP contribution in [0, 0.1) is 6.92 Å². The van der Waals surface area contributed by atoms with Crippen LogP contribution in [0.1, 0.15) is 28.2 Å². The monoisotopic (exact) mass is 303 g/mol. The van der Waals surface area contributed by atoms with Gasteiger partial charge in [-0.2, -0.15) is 0 Å². The summed E-state index contributed by atoms with van der Waals surface area (Å²) >= 11 is 0. The van der Waals surface area contributed by atoms with Gasteiger partial charge in [0, 0.05) is 23.0 Å². The van der Waals surface area contributed by atoms with E-state index < -0.39 is 0 Å². The van der Waals surface area contributed by atoms with Crippen LogP contribution in [0.4, 0.5) is 17.1 Å². The van der Waals surface area contributed by atoms with Gasteiger partial charge in [-0.05, 0) is 65.6 Å². The molecule has 0 aliphatic carbocycles. The zero-order valence-electron chi connectivity index (χ0n) is 13.2. The second-order valence-electron chi connectivity index (χ2n) is 5.88. The largest absolute Gasteiger partial charge is 0.399 e. The second-order valence-corrected chi connectivity index (χ2v) is 5.88. The van der Waals surface area contributed by atoms with E-state index >= 15 is 0 Å². The van der Waals surface area contributed by atoms with Crippen LogP contribution in [0.25, 0.3) is 0 Å². The van der Waals surface area contributed by atoms with E-state index in [4.69, 9.17) is 17.2 Å². The summed E-state index contributed by atoms with van der Waals surface area (Å²) in [5, 5.41) is 0. The Labute approximate surface area is 136 Å². The Morgan fingerprint density at radius 2 is 1.04 bits per heavy atom. The molecule has 116 valence electrons. The number of hydrogen-bond acceptors (Lipinski definition) is 3. The maximum atomic E-state index is 5.91. The highest BCUT2D eigenvalue weighted by Crippen LogP contribution is 2.35. The van der Waals surface area contributed by atoms with Gasteiger partial charge in [-0.25, -0.2) is 0 Å². The summed E-state index contributed by atoms with van der Waals surface area (Å²) in [6, 6.07) is 22.1. The predicted octanol–water partition coefficient (Wildman–Crippen LogP) is 3.92. The first-order valence-corrected chi connectivity index (χ1v) is 7.61. The maximum Gasteiger partial charge on any atom is 0.0342 e. The fourth-order valence-electron chi connectivity index (χ4n) is 2.95. The molecule has 0 amide bonds. The molecule has 0 fully saturated rings. The molecular weight excluding hydrogens is 282 g/mol. The number of rotatable bonds is 3. The van der Waals surface area contributed by atoms with Crippen LogP contribution in [0.15, 0.2) is 66.7 Å². The molecule has 0 radical (unpaired) electrons. The van der Waals surface area contributed by atoms with Gasteiger partial charge in [-0.15, -0.1) is 0 Å². The molecule has 0 aromatic heterocycles. The van der Waals surface area contributed by atoms with E-state index in [1.807, 2.05) is 36.4 Å². The molecule has 0 atom stereocenters. The van der Waals surface area contributed by atoms with E-state index in [1.54, 1.807) is 0 Å². The molecule has 3 aromatic rings. The number of benzene rings is 3. The van der Waals surface area contributed by atoms with Crippen LogP contribution in [0.2, 0.25) is 0 Å². The Balaban J connectivity index is 2.16. The molecule has 0 aliphatic rings. The van der Waals surface area contributed by atoms with Crippen molar-refractivity contribution in [3.05, 3.63) is 89.0 Å². The van der Waals surface area contributed by atoms with Crippen molar-refractivity contribution in [3.8, 4) is 0 Å². The molecule has 6 N–H and O–H groups in total.